The molecule has 2 heterocycles. The molecule has 0 fully saturated rings. The van der Waals surface area contributed by atoms with Gasteiger partial charge in [0, 0.05) is 31.3 Å². The summed E-state index contributed by atoms with van der Waals surface area (Å²) >= 11 is 0. The Balaban J connectivity index is 1.78. The summed E-state index contributed by atoms with van der Waals surface area (Å²) in [7, 11) is 4.20. The van der Waals surface area contributed by atoms with E-state index >= 15 is 0 Å². The molecule has 0 spiro atoms. The molecule has 1 aromatic carbocycles. The van der Waals surface area contributed by atoms with Crippen molar-refractivity contribution in [3.63, 3.8) is 0 Å². The minimum atomic E-state index is 0.375. The van der Waals surface area contributed by atoms with Crippen molar-refractivity contribution >= 4 is 5.82 Å². The van der Waals surface area contributed by atoms with Crippen LogP contribution in [0.25, 0.3) is 11.4 Å². The summed E-state index contributed by atoms with van der Waals surface area (Å²) in [6.07, 6.45) is 1.78. The third kappa shape index (κ3) is 4.86. The normalized spacial score (nSPS) is 12.2. The molecule has 1 unspecified atom stereocenters. The van der Waals surface area contributed by atoms with Gasteiger partial charge in [0.15, 0.2) is 0 Å². The maximum absolute atomic E-state index is 4.54. The number of anilines is 1. The topological polar surface area (TPSA) is 53.9 Å². The van der Waals surface area contributed by atoms with Crippen molar-refractivity contribution in [1.82, 2.24) is 19.9 Å². The van der Waals surface area contributed by atoms with Gasteiger partial charge in [0.1, 0.15) is 11.6 Å². The second kappa shape index (κ2) is 8.54. The smallest absolute Gasteiger partial charge is 0.130 e. The summed E-state index contributed by atoms with van der Waals surface area (Å²) < 4.78 is 0. The molecule has 0 aliphatic rings. The molecule has 3 aromatic rings. The number of likely N-dealkylation sites (N-methyl/N-ethyl adjacent to an activating group) is 1. The van der Waals surface area contributed by atoms with Crippen molar-refractivity contribution in [2.75, 3.05) is 32.5 Å². The molecule has 1 N–H and O–H groups in total. The maximum atomic E-state index is 4.54. The number of nitrogens with one attached hydrogen (secondary N) is 1. The number of benzene rings is 1. The summed E-state index contributed by atoms with van der Waals surface area (Å²) in [4.78, 5) is 15.7. The highest BCUT2D eigenvalue weighted by Gasteiger charge is 2.13. The SMILES string of the molecule is Cc1nc(NCC(CN(C)C)c2ccccc2)cc(-c2ccccn2)n1. The second-order valence-corrected chi connectivity index (χ2v) is 6.65. The van der Waals surface area contributed by atoms with Gasteiger partial charge in [0.05, 0.1) is 11.4 Å². The molecule has 1 atom stereocenters. The fraction of sp³-hybridized carbons (Fsp3) is 0.286. The summed E-state index contributed by atoms with van der Waals surface area (Å²) in [6, 6.07) is 18.4. The average molecular weight is 347 g/mol. The van der Waals surface area contributed by atoms with Crippen LogP contribution in [0.5, 0.6) is 0 Å². The van der Waals surface area contributed by atoms with Crippen LogP contribution < -0.4 is 5.32 Å². The summed E-state index contributed by atoms with van der Waals surface area (Å²) in [6.45, 7) is 3.68. The van der Waals surface area contributed by atoms with E-state index < -0.39 is 0 Å². The third-order valence-electron chi connectivity index (χ3n) is 4.15. The molecular weight excluding hydrogens is 322 g/mol. The van der Waals surface area contributed by atoms with Crippen LogP contribution in [0.3, 0.4) is 0 Å². The zero-order chi connectivity index (χ0) is 18.4. The van der Waals surface area contributed by atoms with E-state index in [2.05, 4.69) is 69.6 Å². The van der Waals surface area contributed by atoms with Gasteiger partial charge < -0.3 is 10.2 Å². The molecule has 0 aliphatic carbocycles. The molecule has 2 aromatic heterocycles. The standard InChI is InChI=1S/C21H25N5/c1-16-24-20(19-11-7-8-12-22-19)13-21(25-16)23-14-18(15-26(2)3)17-9-5-4-6-10-17/h4-13,18H,14-15H2,1-3H3,(H,23,24,25). The predicted octanol–water partition coefficient (Wildman–Crippen LogP) is 3.60. The molecular formula is C21H25N5. The van der Waals surface area contributed by atoms with Crippen LogP contribution in [-0.2, 0) is 0 Å². The highest BCUT2D eigenvalue weighted by Crippen LogP contribution is 2.20. The number of aromatic nitrogens is 3. The van der Waals surface area contributed by atoms with Crippen LogP contribution in [0.4, 0.5) is 5.82 Å². The molecule has 0 saturated carbocycles. The van der Waals surface area contributed by atoms with E-state index in [1.54, 1.807) is 6.20 Å². The van der Waals surface area contributed by atoms with Crippen LogP contribution in [0, 0.1) is 6.92 Å². The van der Waals surface area contributed by atoms with Crippen molar-refractivity contribution < 1.29 is 0 Å². The van der Waals surface area contributed by atoms with Crippen molar-refractivity contribution in [2.24, 2.45) is 0 Å². The highest BCUT2D eigenvalue weighted by molar-refractivity contribution is 5.58. The van der Waals surface area contributed by atoms with Gasteiger partial charge in [0.25, 0.3) is 0 Å². The van der Waals surface area contributed by atoms with Gasteiger partial charge in [-0.2, -0.15) is 0 Å². The van der Waals surface area contributed by atoms with Crippen LogP contribution in [0.1, 0.15) is 17.3 Å². The lowest BCUT2D eigenvalue weighted by atomic mass is 9.98. The fourth-order valence-electron chi connectivity index (χ4n) is 2.99. The van der Waals surface area contributed by atoms with Crippen LogP contribution >= 0.6 is 0 Å². The molecule has 0 amide bonds. The van der Waals surface area contributed by atoms with Crippen LogP contribution in [0.2, 0.25) is 0 Å². The highest BCUT2D eigenvalue weighted by atomic mass is 15.1. The Morgan fingerprint density at radius 2 is 1.73 bits per heavy atom. The molecule has 134 valence electrons. The quantitative estimate of drug-likeness (QED) is 0.708. The van der Waals surface area contributed by atoms with Gasteiger partial charge in [-0.15, -0.1) is 0 Å². The van der Waals surface area contributed by atoms with Gasteiger partial charge in [-0.25, -0.2) is 9.97 Å². The largest absolute Gasteiger partial charge is 0.369 e. The van der Waals surface area contributed by atoms with Crippen molar-refractivity contribution in [2.45, 2.75) is 12.8 Å². The Morgan fingerprint density at radius 1 is 0.962 bits per heavy atom. The number of pyridine rings is 1. The molecule has 0 radical (unpaired) electrons. The van der Waals surface area contributed by atoms with E-state index in [1.165, 1.54) is 5.56 Å². The first-order chi connectivity index (χ1) is 12.6. The zero-order valence-electron chi connectivity index (χ0n) is 15.6. The van der Waals surface area contributed by atoms with Crippen LogP contribution in [-0.4, -0.2) is 47.0 Å². The minimum absolute atomic E-state index is 0.375. The Hall–Kier alpha value is -2.79. The summed E-state index contributed by atoms with van der Waals surface area (Å²) in [5.74, 6) is 1.94. The Morgan fingerprint density at radius 3 is 2.42 bits per heavy atom. The van der Waals surface area contributed by atoms with Crippen molar-refractivity contribution in [3.05, 3.63) is 72.2 Å². The van der Waals surface area contributed by atoms with Gasteiger partial charge in [-0.05, 0) is 38.7 Å². The first kappa shape index (κ1) is 18.0. The molecule has 26 heavy (non-hydrogen) atoms. The lowest BCUT2D eigenvalue weighted by Crippen LogP contribution is -2.25. The van der Waals surface area contributed by atoms with Crippen LogP contribution in [0.15, 0.2) is 60.8 Å². The fourth-order valence-corrected chi connectivity index (χ4v) is 2.99. The number of rotatable bonds is 7. The molecule has 5 nitrogen and oxygen atoms in total. The first-order valence-corrected chi connectivity index (χ1v) is 8.82. The van der Waals surface area contributed by atoms with E-state index in [-0.39, 0.29) is 0 Å². The molecule has 0 bridgehead atoms. The maximum Gasteiger partial charge on any atom is 0.130 e. The van der Waals surface area contributed by atoms with E-state index in [0.29, 0.717) is 5.92 Å². The van der Waals surface area contributed by atoms with Crippen molar-refractivity contribution in [1.29, 1.82) is 0 Å². The molecule has 3 rings (SSSR count). The molecule has 5 heteroatoms. The van der Waals surface area contributed by atoms with Gasteiger partial charge in [-0.1, -0.05) is 36.4 Å². The van der Waals surface area contributed by atoms with E-state index in [0.717, 1.165) is 36.1 Å². The number of hydrogen-bond donors (Lipinski definition) is 1. The van der Waals surface area contributed by atoms with Gasteiger partial charge >= 0.3 is 0 Å². The predicted molar refractivity (Wildman–Crippen MR) is 106 cm³/mol. The van der Waals surface area contributed by atoms with E-state index in [9.17, 15) is 0 Å². The lowest BCUT2D eigenvalue weighted by Gasteiger charge is -2.22. The summed E-state index contributed by atoms with van der Waals surface area (Å²) in [5, 5.41) is 3.49. The first-order valence-electron chi connectivity index (χ1n) is 8.82. The van der Waals surface area contributed by atoms with E-state index in [1.807, 2.05) is 31.2 Å². The number of nitrogens with zero attached hydrogens (tertiary/aromatic N) is 4. The molecule has 0 aliphatic heterocycles. The van der Waals surface area contributed by atoms with Gasteiger partial charge in [0.2, 0.25) is 0 Å². The lowest BCUT2D eigenvalue weighted by molar-refractivity contribution is 0.378. The average Bonchev–Trinajstić information content (AvgIpc) is 2.66. The Labute approximate surface area is 155 Å². The second-order valence-electron chi connectivity index (χ2n) is 6.65. The molecule has 0 saturated heterocycles. The minimum Gasteiger partial charge on any atom is -0.369 e. The Kier molecular flexibility index (Phi) is 5.92. The monoisotopic (exact) mass is 347 g/mol. The zero-order valence-corrected chi connectivity index (χ0v) is 15.6. The van der Waals surface area contributed by atoms with E-state index in [4.69, 9.17) is 0 Å². The number of hydrogen-bond acceptors (Lipinski definition) is 5. The number of aryl methyl sites for hydroxylation is 1. The Bertz CT molecular complexity index is 818. The summed E-state index contributed by atoms with van der Waals surface area (Å²) in [5.41, 5.74) is 3.02. The third-order valence-corrected chi connectivity index (χ3v) is 4.15. The van der Waals surface area contributed by atoms with Gasteiger partial charge in [-0.3, -0.25) is 4.98 Å². The van der Waals surface area contributed by atoms with Crippen molar-refractivity contribution in [3.8, 4) is 11.4 Å².